The molecule has 0 aliphatic rings. The summed E-state index contributed by atoms with van der Waals surface area (Å²) in [6.07, 6.45) is 0. The van der Waals surface area contributed by atoms with E-state index in [4.69, 9.17) is 11.5 Å². The molecule has 23 nitrogen and oxygen atoms in total. The number of azo groups is 4. The van der Waals surface area contributed by atoms with Gasteiger partial charge in [0.2, 0.25) is 0 Å². The van der Waals surface area contributed by atoms with Crippen LogP contribution in [0.3, 0.4) is 0 Å². The zero-order chi connectivity index (χ0) is 52.0. The zero-order valence-corrected chi connectivity index (χ0v) is 48.3. The van der Waals surface area contributed by atoms with Gasteiger partial charge in [0, 0.05) is 16.8 Å². The first-order chi connectivity index (χ1) is 33.8. The number of nitrogens with two attached hydrogens (primary N) is 2. The van der Waals surface area contributed by atoms with E-state index >= 15 is 0 Å². The third-order valence-corrected chi connectivity index (χ3v) is 13.3. The first-order valence-electron chi connectivity index (χ1n) is 20.4. The van der Waals surface area contributed by atoms with Crippen LogP contribution < -0.4 is 115 Å². The number of fused-ring (bicyclic) bond motifs is 2. The normalized spacial score (nSPS) is 12.2. The van der Waals surface area contributed by atoms with Crippen LogP contribution in [0.1, 0.15) is 11.1 Å². The van der Waals surface area contributed by atoms with Gasteiger partial charge in [0.15, 0.2) is 5.75 Å². The Labute approximate surface area is 493 Å². The molecule has 29 heteroatoms. The number of hydrogen-bond acceptors (Lipinski definition) is 20. The zero-order valence-electron chi connectivity index (χ0n) is 39.9. The van der Waals surface area contributed by atoms with E-state index in [2.05, 4.69) is 40.9 Å². The van der Waals surface area contributed by atoms with Crippen LogP contribution in [-0.4, -0.2) is 44.0 Å². The molecule has 8 rings (SSSR count). The molecule has 0 saturated carbocycles. The van der Waals surface area contributed by atoms with Gasteiger partial charge in [-0.1, -0.05) is 35.4 Å². The predicted octanol–water partition coefficient (Wildman–Crippen LogP) is 0.781. The van der Waals surface area contributed by atoms with Crippen LogP contribution in [-0.2, 0) is 30.4 Å². The molecule has 8 aromatic carbocycles. The van der Waals surface area contributed by atoms with Crippen molar-refractivity contribution in [2.24, 2.45) is 40.9 Å². The number of nitrogen functional groups attached to an aromatic ring is 2. The van der Waals surface area contributed by atoms with Gasteiger partial charge in [-0.05, 0) is 149 Å². The van der Waals surface area contributed by atoms with Crippen molar-refractivity contribution in [1.29, 1.82) is 0 Å². The Morgan fingerprint density at radius 3 is 1.35 bits per heavy atom. The summed E-state index contributed by atoms with van der Waals surface area (Å²) in [5.41, 5.74) is 12.1. The summed E-state index contributed by atoms with van der Waals surface area (Å²) in [5.74, 6) is -2.94. The van der Waals surface area contributed by atoms with Crippen LogP contribution in [0.15, 0.2) is 171 Å². The monoisotopic (exact) mass is 1100 g/mol. The molecule has 0 saturated heterocycles. The fourth-order valence-corrected chi connectivity index (χ4v) is 9.11. The summed E-state index contributed by atoms with van der Waals surface area (Å²) < 4.78 is 105. The fourth-order valence-electron chi connectivity index (χ4n) is 7.16. The molecule has 8 N–H and O–H groups in total. The van der Waals surface area contributed by atoms with E-state index in [0.29, 0.717) is 22.3 Å². The van der Waals surface area contributed by atoms with Gasteiger partial charge in [0.05, 0.1) is 34.1 Å². The minimum atomic E-state index is -5.18. The summed E-state index contributed by atoms with van der Waals surface area (Å²) in [6.45, 7) is 3.31. The molecular formula is C46H33N10Na3O13S3. The molecule has 0 aromatic heterocycles. The quantitative estimate of drug-likeness (QED) is 0.0426. The van der Waals surface area contributed by atoms with E-state index in [1.165, 1.54) is 54.6 Å². The molecule has 0 heterocycles. The van der Waals surface area contributed by atoms with Gasteiger partial charge in [0.25, 0.3) is 30.4 Å². The number of nitrogens with zero attached hydrogens (tertiary/aromatic N) is 8. The molecule has 8 aromatic rings. The smallest absolute Gasteiger partial charge is 0.871 e. The number of phenols is 1. The second kappa shape index (κ2) is 23.6. The molecule has 0 aliphatic heterocycles. The van der Waals surface area contributed by atoms with Gasteiger partial charge in [-0.2, -0.15) is 50.8 Å². The molecule has 0 fully saturated rings. The van der Waals surface area contributed by atoms with E-state index in [1.807, 2.05) is 0 Å². The Morgan fingerprint density at radius 2 is 0.853 bits per heavy atom. The number of hydrogen-bond donors (Lipinski definition) is 6. The van der Waals surface area contributed by atoms with Gasteiger partial charge in [-0.15, -0.1) is 15.3 Å². The minimum Gasteiger partial charge on any atom is -0.871 e. The van der Waals surface area contributed by atoms with Crippen LogP contribution in [0.25, 0.3) is 32.7 Å². The Balaban J connectivity index is 0.00000347. The van der Waals surface area contributed by atoms with E-state index in [9.17, 15) is 59.3 Å². The second-order valence-electron chi connectivity index (χ2n) is 15.8. The molecule has 0 amide bonds. The summed E-state index contributed by atoms with van der Waals surface area (Å²) in [6, 6.07) is 25.0. The molecule has 0 aliphatic carbocycles. The molecular weight excluding hydrogens is 1070 g/mol. The first kappa shape index (κ1) is 60.1. The summed E-state index contributed by atoms with van der Waals surface area (Å²) in [4.78, 5) is -2.65. The van der Waals surface area contributed by atoms with Gasteiger partial charge >= 0.3 is 88.7 Å². The van der Waals surface area contributed by atoms with Crippen molar-refractivity contribution in [3.8, 4) is 34.1 Å². The van der Waals surface area contributed by atoms with Crippen LogP contribution in [0.5, 0.6) is 23.0 Å². The average molecular weight is 1100 g/mol. The molecule has 0 atom stereocenters. The average Bonchev–Trinajstić information content (AvgIpc) is 3.30. The molecule has 0 radical (unpaired) electrons. The van der Waals surface area contributed by atoms with Crippen LogP contribution in [0, 0.1) is 13.8 Å². The van der Waals surface area contributed by atoms with Crippen LogP contribution >= 0.6 is 0 Å². The summed E-state index contributed by atoms with van der Waals surface area (Å²) in [7, 11) is -15.2. The van der Waals surface area contributed by atoms with Crippen molar-refractivity contribution in [3.63, 3.8) is 0 Å². The van der Waals surface area contributed by atoms with Crippen LogP contribution in [0.2, 0.25) is 0 Å². The SMILES string of the molecule is Cc1cc(-c2ccc(N=Nc3c(S(=O)(=O)O)cc4cc(S(=O)(=O)O)c(N=Nc5ccc(N)cc5[O-])cc4c3O)c(C)c2)ccc1N=Nc1c(S(=O)(=O)O)cc2ccc(N=Nc3ccc(N)cc3[O-])cc2c1[O-].[Na+].[Na+].[Na+]. The molecule has 366 valence electrons. The van der Waals surface area contributed by atoms with Crippen molar-refractivity contribution in [2.75, 3.05) is 11.5 Å². The van der Waals surface area contributed by atoms with Crippen molar-refractivity contribution < 1.29 is 148 Å². The predicted molar refractivity (Wildman–Crippen MR) is 257 cm³/mol. The van der Waals surface area contributed by atoms with Crippen molar-refractivity contribution in [2.45, 2.75) is 28.5 Å². The maximum absolute atomic E-state index is 13.7. The largest absolute Gasteiger partial charge is 1.00 e. The third kappa shape index (κ3) is 13.4. The summed E-state index contributed by atoms with van der Waals surface area (Å²) in [5, 5.41) is 80.8. The van der Waals surface area contributed by atoms with Crippen molar-refractivity contribution in [1.82, 2.24) is 0 Å². The standard InChI is InChI=1S/C46H36N10O13S3.3Na/c1-22-13-24(4-9-33(22)50-55-43-41(71(64,65)66)15-26-3-8-30(20-31(26)45(43)59)49-52-35-11-6-28(47)18-38(35)57)25-5-10-34(23(2)14-25)51-56-44-42(72(67,68)69)17-27-16-40(70(61,62)63)37(21-32(27)46(44)60)54-53-36-12-7-29(48)19-39(36)58;;;/h3-21,57-60H,47-48H2,1-2H3,(H,61,62,63)(H,64,65,66)(H,67,68,69);;;/q;3*+1/p-3. The maximum atomic E-state index is 13.7. The Morgan fingerprint density at radius 1 is 0.427 bits per heavy atom. The molecule has 0 unspecified atom stereocenters. The number of benzene rings is 8. The van der Waals surface area contributed by atoms with E-state index < -0.39 is 85.1 Å². The summed E-state index contributed by atoms with van der Waals surface area (Å²) >= 11 is 0. The molecule has 0 spiro atoms. The van der Waals surface area contributed by atoms with Crippen molar-refractivity contribution >= 4 is 109 Å². The molecule has 0 bridgehead atoms. The topological polar surface area (TPSA) is 403 Å². The van der Waals surface area contributed by atoms with Gasteiger partial charge in [-0.25, -0.2) is 0 Å². The van der Waals surface area contributed by atoms with E-state index in [0.717, 1.165) is 30.3 Å². The Kier molecular flexibility index (Phi) is 18.9. The molecule has 75 heavy (non-hydrogen) atoms. The number of phenolic OH excluding ortho intramolecular Hbond substituents is 1. The fraction of sp³-hybridized carbons (Fsp3) is 0.0435. The maximum Gasteiger partial charge on any atom is 1.00 e. The minimum absolute atomic E-state index is 0. The number of rotatable bonds is 12. The number of aryl methyl sites for hydroxylation is 2. The van der Waals surface area contributed by atoms with Crippen molar-refractivity contribution in [3.05, 3.63) is 126 Å². The first-order valence-corrected chi connectivity index (χ1v) is 24.7. The van der Waals surface area contributed by atoms with Gasteiger partial charge < -0.3 is 31.9 Å². The van der Waals surface area contributed by atoms with Gasteiger partial charge in [-0.3, -0.25) is 13.7 Å². The Bertz CT molecular complexity index is 4090. The van der Waals surface area contributed by atoms with Crippen LogP contribution in [0.4, 0.5) is 56.9 Å². The number of aromatic hydroxyl groups is 1. The second-order valence-corrected chi connectivity index (χ2v) is 19.9. The van der Waals surface area contributed by atoms with E-state index in [1.54, 1.807) is 44.2 Å². The van der Waals surface area contributed by atoms with E-state index in [-0.39, 0.29) is 150 Å². The van der Waals surface area contributed by atoms with Gasteiger partial charge in [0.1, 0.15) is 26.1 Å². The third-order valence-electron chi connectivity index (χ3n) is 10.7. The number of anilines is 2. The Hall–Kier alpha value is -5.79.